The van der Waals surface area contributed by atoms with Gasteiger partial charge in [-0.15, -0.1) is 0 Å². The molecule has 166 valence electrons. The van der Waals surface area contributed by atoms with E-state index in [0.717, 1.165) is 11.3 Å². The van der Waals surface area contributed by atoms with E-state index in [1.165, 1.54) is 64.2 Å². The van der Waals surface area contributed by atoms with Gasteiger partial charge >= 0.3 is 0 Å². The van der Waals surface area contributed by atoms with E-state index in [-0.39, 0.29) is 15.8 Å². The number of rotatable bonds is 6. The molecule has 0 spiro atoms. The largest absolute Gasteiger partial charge is 0.306 e. The van der Waals surface area contributed by atoms with Crippen molar-refractivity contribution >= 4 is 15.8 Å². The molecular weight excluding hydrogens is 388 g/mol. The molecule has 0 bridgehead atoms. The minimum atomic E-state index is -0.126. The molecular formula is C26H47NP2. The fourth-order valence-electron chi connectivity index (χ4n) is 5.64. The third-order valence-electron chi connectivity index (χ3n) is 7.96. The smallest absolute Gasteiger partial charge is 0.0185 e. The molecule has 2 saturated carbocycles. The lowest BCUT2D eigenvalue weighted by Gasteiger charge is -2.42. The highest BCUT2D eigenvalue weighted by molar-refractivity contribution is 7.67. The lowest BCUT2D eigenvalue weighted by molar-refractivity contribution is 0.280. The Bertz CT molecular complexity index is 570. The van der Waals surface area contributed by atoms with Gasteiger partial charge in [-0.3, -0.25) is 0 Å². The van der Waals surface area contributed by atoms with E-state index in [4.69, 9.17) is 0 Å². The van der Waals surface area contributed by atoms with E-state index in [1.807, 2.05) is 10.6 Å². The molecule has 2 fully saturated rings. The van der Waals surface area contributed by atoms with E-state index in [1.54, 1.807) is 0 Å². The van der Waals surface area contributed by atoms with Crippen LogP contribution in [0.1, 0.15) is 91.9 Å². The Hall–Kier alpha value is 0.300. The summed E-state index contributed by atoms with van der Waals surface area (Å²) in [5.74, 6) is 0.632. The standard InChI is InChI=1S/C26H47NP2/c1-20(27(5)6)23-18-19-24(25(23)28(7)26(2,3)4)29(21-14-10-8-11-15-21)22-16-12-9-13-17-22/h18-23H,8-17H2,1-7H3. The van der Waals surface area contributed by atoms with Crippen molar-refractivity contribution in [1.29, 1.82) is 0 Å². The van der Waals surface area contributed by atoms with Crippen molar-refractivity contribution < 1.29 is 0 Å². The van der Waals surface area contributed by atoms with Crippen LogP contribution in [0.5, 0.6) is 0 Å². The van der Waals surface area contributed by atoms with Crippen molar-refractivity contribution in [2.45, 2.75) is 114 Å². The number of allylic oxidation sites excluding steroid dienone is 2. The molecule has 0 heterocycles. The van der Waals surface area contributed by atoms with Crippen LogP contribution in [-0.2, 0) is 0 Å². The summed E-state index contributed by atoms with van der Waals surface area (Å²) in [6.07, 6.45) is 20.2. The first-order valence-corrected chi connectivity index (χ1v) is 15.6. The number of hydrogen-bond donors (Lipinski definition) is 0. The van der Waals surface area contributed by atoms with E-state index in [9.17, 15) is 0 Å². The van der Waals surface area contributed by atoms with Gasteiger partial charge in [-0.2, -0.15) is 0 Å². The highest BCUT2D eigenvalue weighted by Gasteiger charge is 2.41. The predicted octanol–water partition coefficient (Wildman–Crippen LogP) is 8.39. The summed E-state index contributed by atoms with van der Waals surface area (Å²) >= 11 is 0. The first-order chi connectivity index (χ1) is 13.7. The fraction of sp³-hybridized carbons (Fsp3) is 0.846. The van der Waals surface area contributed by atoms with Crippen LogP contribution >= 0.6 is 15.8 Å². The van der Waals surface area contributed by atoms with Crippen molar-refractivity contribution in [3.05, 3.63) is 22.8 Å². The summed E-state index contributed by atoms with van der Waals surface area (Å²) in [5, 5.41) is 4.18. The van der Waals surface area contributed by atoms with Crippen molar-refractivity contribution in [1.82, 2.24) is 4.90 Å². The molecule has 0 aromatic heterocycles. The Balaban J connectivity index is 2.04. The van der Waals surface area contributed by atoms with Gasteiger partial charge < -0.3 is 4.90 Å². The van der Waals surface area contributed by atoms with Crippen LogP contribution in [0.25, 0.3) is 0 Å². The third kappa shape index (κ3) is 5.57. The van der Waals surface area contributed by atoms with E-state index < -0.39 is 0 Å². The first-order valence-electron chi connectivity index (χ1n) is 12.3. The second kappa shape index (κ2) is 10.3. The van der Waals surface area contributed by atoms with Crippen molar-refractivity contribution in [3.63, 3.8) is 0 Å². The molecule has 0 radical (unpaired) electrons. The van der Waals surface area contributed by atoms with Gasteiger partial charge in [0, 0.05) is 12.0 Å². The fourth-order valence-corrected chi connectivity index (χ4v) is 12.2. The lowest BCUT2D eigenvalue weighted by atomic mass is 9.99. The summed E-state index contributed by atoms with van der Waals surface area (Å²) in [7, 11) is 4.42. The Kier molecular flexibility index (Phi) is 8.49. The molecule has 0 N–H and O–H groups in total. The molecule has 0 aliphatic heterocycles. The van der Waals surface area contributed by atoms with Gasteiger partial charge in [0.1, 0.15) is 0 Å². The lowest BCUT2D eigenvalue weighted by Crippen LogP contribution is -2.33. The topological polar surface area (TPSA) is 3.24 Å². The van der Waals surface area contributed by atoms with Crippen molar-refractivity contribution in [3.8, 4) is 0 Å². The van der Waals surface area contributed by atoms with Gasteiger partial charge in [0.05, 0.1) is 0 Å². The van der Waals surface area contributed by atoms with Gasteiger partial charge in [0.2, 0.25) is 0 Å². The molecule has 3 unspecified atom stereocenters. The maximum atomic E-state index is 2.67. The highest BCUT2D eigenvalue weighted by atomic mass is 31.1. The average Bonchev–Trinajstić information content (AvgIpc) is 3.12. The Morgan fingerprint density at radius 3 is 1.79 bits per heavy atom. The third-order valence-corrected chi connectivity index (χ3v) is 15.0. The highest BCUT2D eigenvalue weighted by Crippen LogP contribution is 2.69. The molecule has 0 amide bonds. The first kappa shape index (κ1) is 24.0. The maximum Gasteiger partial charge on any atom is 0.0185 e. The van der Waals surface area contributed by atoms with Crippen LogP contribution in [0.4, 0.5) is 0 Å². The number of nitrogens with zero attached hydrogens (tertiary/aromatic N) is 1. The zero-order chi connectivity index (χ0) is 21.2. The molecule has 0 aromatic carbocycles. The van der Waals surface area contributed by atoms with Crippen LogP contribution in [0, 0.1) is 5.92 Å². The second-order valence-corrected chi connectivity index (χ2v) is 16.8. The number of hydrogen-bond acceptors (Lipinski definition) is 1. The molecule has 3 atom stereocenters. The molecule has 1 nitrogen and oxygen atoms in total. The summed E-state index contributed by atoms with van der Waals surface area (Å²) in [6.45, 7) is 12.5. The maximum absolute atomic E-state index is 2.67. The van der Waals surface area contributed by atoms with E-state index in [0.29, 0.717) is 17.1 Å². The second-order valence-electron chi connectivity index (χ2n) is 11.1. The minimum absolute atomic E-state index is 0.00280. The monoisotopic (exact) mass is 435 g/mol. The van der Waals surface area contributed by atoms with E-state index >= 15 is 0 Å². The Morgan fingerprint density at radius 2 is 1.38 bits per heavy atom. The van der Waals surface area contributed by atoms with Gasteiger partial charge in [-0.25, -0.2) is 0 Å². The molecule has 29 heavy (non-hydrogen) atoms. The van der Waals surface area contributed by atoms with Gasteiger partial charge in [0.15, 0.2) is 0 Å². The summed E-state index contributed by atoms with van der Waals surface area (Å²) < 4.78 is 0. The van der Waals surface area contributed by atoms with Crippen molar-refractivity contribution in [2.24, 2.45) is 5.92 Å². The van der Waals surface area contributed by atoms with Crippen LogP contribution in [-0.4, -0.2) is 48.2 Å². The van der Waals surface area contributed by atoms with Gasteiger partial charge in [0.25, 0.3) is 0 Å². The van der Waals surface area contributed by atoms with Gasteiger partial charge in [-0.1, -0.05) is 87.3 Å². The van der Waals surface area contributed by atoms with Crippen molar-refractivity contribution in [2.75, 3.05) is 20.8 Å². The normalized spacial score (nSPS) is 27.3. The van der Waals surface area contributed by atoms with Crippen LogP contribution in [0.15, 0.2) is 22.8 Å². The van der Waals surface area contributed by atoms with Crippen LogP contribution in [0.3, 0.4) is 0 Å². The summed E-state index contributed by atoms with van der Waals surface area (Å²) in [5.41, 5.74) is 2.02. The molecule has 3 rings (SSSR count). The van der Waals surface area contributed by atoms with E-state index in [2.05, 4.69) is 65.5 Å². The van der Waals surface area contributed by atoms with Crippen LogP contribution in [0.2, 0.25) is 0 Å². The zero-order valence-corrected chi connectivity index (χ0v) is 22.2. The molecule has 3 aliphatic rings. The zero-order valence-electron chi connectivity index (χ0n) is 20.4. The molecule has 3 heteroatoms. The summed E-state index contributed by atoms with van der Waals surface area (Å²) in [6, 6.07) is 0.598. The quantitative estimate of drug-likeness (QED) is 0.379. The molecule has 0 aromatic rings. The molecule has 3 aliphatic carbocycles. The Morgan fingerprint density at radius 1 is 0.897 bits per heavy atom. The Labute approximate surface area is 184 Å². The molecule has 0 saturated heterocycles. The van der Waals surface area contributed by atoms with Gasteiger partial charge in [-0.05, 0) is 80.5 Å². The SMILES string of the molecule is CC(C1C=CC(P(C2CCCCC2)C2CCCCC2)=C1P(C)C(C)(C)C)N(C)C. The minimum Gasteiger partial charge on any atom is -0.306 e. The summed E-state index contributed by atoms with van der Waals surface area (Å²) in [4.78, 5) is 2.45. The predicted molar refractivity (Wildman–Crippen MR) is 136 cm³/mol. The van der Waals surface area contributed by atoms with Crippen LogP contribution < -0.4 is 0 Å². The average molecular weight is 436 g/mol.